The first kappa shape index (κ1) is 28.3. The van der Waals surface area contributed by atoms with Crippen LogP contribution in [0.15, 0.2) is 77.7 Å². The molecule has 0 aliphatic heterocycles. The molecule has 3 rings (SSSR count). The fourth-order valence-electron chi connectivity index (χ4n) is 3.64. The number of carbonyl (C=O) groups excluding carboxylic acids is 2. The van der Waals surface area contributed by atoms with E-state index in [4.69, 9.17) is 27.9 Å². The minimum atomic E-state index is -4.23. The Morgan fingerprint density at radius 3 is 2.22 bits per heavy atom. The van der Waals surface area contributed by atoms with E-state index in [0.29, 0.717) is 5.75 Å². The number of hydrogen-bond donors (Lipinski definition) is 1. The average molecular weight is 564 g/mol. The Morgan fingerprint density at radius 2 is 1.62 bits per heavy atom. The number of anilines is 1. The molecule has 2 amide bonds. The molecule has 0 aliphatic carbocycles. The minimum absolute atomic E-state index is 0.0162. The van der Waals surface area contributed by atoms with Crippen LogP contribution in [0.3, 0.4) is 0 Å². The third kappa shape index (κ3) is 6.54. The summed E-state index contributed by atoms with van der Waals surface area (Å²) in [6.45, 7) is 1.01. The summed E-state index contributed by atoms with van der Waals surface area (Å²) in [7, 11) is -1.22. The highest BCUT2D eigenvalue weighted by Crippen LogP contribution is 2.35. The van der Waals surface area contributed by atoms with Crippen molar-refractivity contribution in [2.45, 2.75) is 24.4 Å². The molecule has 196 valence electrons. The van der Waals surface area contributed by atoms with Crippen LogP contribution in [0.25, 0.3) is 0 Å². The van der Waals surface area contributed by atoms with Gasteiger partial charge < -0.3 is 15.0 Å². The van der Waals surface area contributed by atoms with Crippen LogP contribution in [-0.4, -0.2) is 51.9 Å². The van der Waals surface area contributed by atoms with E-state index in [1.807, 2.05) is 0 Å². The molecule has 8 nitrogen and oxygen atoms in total. The molecule has 0 heterocycles. The van der Waals surface area contributed by atoms with E-state index in [-0.39, 0.29) is 27.2 Å². The number of carbonyl (C=O) groups is 2. The van der Waals surface area contributed by atoms with E-state index < -0.39 is 34.4 Å². The number of rotatable bonds is 10. The predicted molar refractivity (Wildman–Crippen MR) is 145 cm³/mol. The fourth-order valence-corrected chi connectivity index (χ4v) is 5.53. The molecule has 11 heteroatoms. The first-order valence-electron chi connectivity index (χ1n) is 11.3. The summed E-state index contributed by atoms with van der Waals surface area (Å²) < 4.78 is 33.5. The van der Waals surface area contributed by atoms with Gasteiger partial charge in [0.25, 0.3) is 10.0 Å². The number of hydrogen-bond acceptors (Lipinski definition) is 5. The van der Waals surface area contributed by atoms with Crippen molar-refractivity contribution in [2.75, 3.05) is 25.0 Å². The van der Waals surface area contributed by atoms with Crippen molar-refractivity contribution in [3.05, 3.63) is 88.4 Å². The molecule has 3 aromatic carbocycles. The Hall–Kier alpha value is -3.27. The summed E-state index contributed by atoms with van der Waals surface area (Å²) in [6, 6.07) is 18.3. The SMILES string of the molecule is CNC(=O)C(C)N(Cc1ccc(OC)cc1)C(=O)CN(c1cccc(Cl)c1Cl)S(=O)(=O)c1ccccc1. The molecule has 0 spiro atoms. The number of sulfonamides is 1. The molecule has 0 aromatic heterocycles. The number of likely N-dealkylation sites (N-methyl/N-ethyl adjacent to an activating group) is 1. The van der Waals surface area contributed by atoms with Gasteiger partial charge in [-0.15, -0.1) is 0 Å². The van der Waals surface area contributed by atoms with Crippen LogP contribution in [-0.2, 0) is 26.2 Å². The summed E-state index contributed by atoms with van der Waals surface area (Å²) >= 11 is 12.6. The van der Waals surface area contributed by atoms with Gasteiger partial charge in [0.15, 0.2) is 0 Å². The van der Waals surface area contributed by atoms with Gasteiger partial charge in [-0.05, 0) is 48.9 Å². The quantitative estimate of drug-likeness (QED) is 0.395. The number of halogens is 2. The summed E-state index contributed by atoms with van der Waals surface area (Å²) in [5, 5.41) is 2.66. The van der Waals surface area contributed by atoms with Gasteiger partial charge in [-0.1, -0.05) is 59.6 Å². The summed E-state index contributed by atoms with van der Waals surface area (Å²) in [6.07, 6.45) is 0. The van der Waals surface area contributed by atoms with E-state index in [1.165, 1.54) is 36.2 Å². The van der Waals surface area contributed by atoms with Crippen molar-refractivity contribution >= 4 is 50.7 Å². The van der Waals surface area contributed by atoms with E-state index in [9.17, 15) is 18.0 Å². The van der Waals surface area contributed by atoms with Crippen molar-refractivity contribution in [1.29, 1.82) is 0 Å². The van der Waals surface area contributed by atoms with Crippen molar-refractivity contribution in [3.63, 3.8) is 0 Å². The lowest BCUT2D eigenvalue weighted by Crippen LogP contribution is -2.50. The Morgan fingerprint density at radius 1 is 0.973 bits per heavy atom. The minimum Gasteiger partial charge on any atom is -0.497 e. The van der Waals surface area contributed by atoms with E-state index >= 15 is 0 Å². The molecule has 0 saturated carbocycles. The zero-order valence-corrected chi connectivity index (χ0v) is 22.8. The summed E-state index contributed by atoms with van der Waals surface area (Å²) in [5.74, 6) is -0.376. The number of ether oxygens (including phenoxy) is 1. The van der Waals surface area contributed by atoms with E-state index in [2.05, 4.69) is 5.32 Å². The first-order valence-corrected chi connectivity index (χ1v) is 13.5. The molecule has 0 bridgehead atoms. The molecule has 0 fully saturated rings. The number of nitrogens with zero attached hydrogens (tertiary/aromatic N) is 2. The predicted octanol–water partition coefficient (Wildman–Crippen LogP) is 4.36. The van der Waals surface area contributed by atoms with Crippen molar-refractivity contribution in [3.8, 4) is 5.75 Å². The first-order chi connectivity index (χ1) is 17.6. The monoisotopic (exact) mass is 563 g/mol. The van der Waals surface area contributed by atoms with Crippen LogP contribution >= 0.6 is 23.2 Å². The fraction of sp³-hybridized carbons (Fsp3) is 0.231. The molecule has 1 N–H and O–H groups in total. The van der Waals surface area contributed by atoms with Gasteiger partial charge in [0.1, 0.15) is 18.3 Å². The zero-order valence-electron chi connectivity index (χ0n) is 20.5. The lowest BCUT2D eigenvalue weighted by Gasteiger charge is -2.32. The molecule has 1 unspecified atom stereocenters. The molecule has 3 aromatic rings. The molecule has 1 atom stereocenters. The molecular formula is C26H27Cl2N3O5S. The third-order valence-electron chi connectivity index (χ3n) is 5.74. The largest absolute Gasteiger partial charge is 0.497 e. The Kier molecular flexibility index (Phi) is 9.42. The summed E-state index contributed by atoms with van der Waals surface area (Å²) in [4.78, 5) is 27.5. The van der Waals surface area contributed by atoms with Crippen LogP contribution in [0.1, 0.15) is 12.5 Å². The molecule has 0 radical (unpaired) electrons. The number of nitrogens with one attached hydrogen (secondary N) is 1. The van der Waals surface area contributed by atoms with Gasteiger partial charge in [-0.2, -0.15) is 0 Å². The second-order valence-electron chi connectivity index (χ2n) is 8.06. The lowest BCUT2D eigenvalue weighted by molar-refractivity contribution is -0.139. The standard InChI is InChI=1S/C26H27Cl2N3O5S/c1-18(26(33)29-2)30(16-19-12-14-20(36-3)15-13-19)24(32)17-31(23-11-7-10-22(27)25(23)28)37(34,35)21-8-5-4-6-9-21/h4-15,18H,16-17H2,1-3H3,(H,29,33). The van der Waals surface area contributed by atoms with Crippen LogP contribution in [0, 0.1) is 0 Å². The van der Waals surface area contributed by atoms with Crippen LogP contribution in [0.4, 0.5) is 5.69 Å². The smallest absolute Gasteiger partial charge is 0.264 e. The van der Waals surface area contributed by atoms with E-state index in [0.717, 1.165) is 9.87 Å². The molecule has 0 aliphatic rings. The Labute approximate surface area is 226 Å². The number of methoxy groups -OCH3 is 1. The normalized spacial score (nSPS) is 11.9. The van der Waals surface area contributed by atoms with Gasteiger partial charge in [-0.25, -0.2) is 8.42 Å². The number of benzene rings is 3. The van der Waals surface area contributed by atoms with Gasteiger partial charge in [0.05, 0.1) is 27.7 Å². The van der Waals surface area contributed by atoms with Crippen LogP contribution in [0.5, 0.6) is 5.75 Å². The van der Waals surface area contributed by atoms with Gasteiger partial charge in [0.2, 0.25) is 11.8 Å². The maximum atomic E-state index is 13.7. The highest BCUT2D eigenvalue weighted by atomic mass is 35.5. The van der Waals surface area contributed by atoms with Crippen LogP contribution in [0.2, 0.25) is 10.0 Å². The maximum Gasteiger partial charge on any atom is 0.264 e. The van der Waals surface area contributed by atoms with E-state index in [1.54, 1.807) is 62.6 Å². The highest BCUT2D eigenvalue weighted by Gasteiger charge is 2.33. The molecule has 37 heavy (non-hydrogen) atoms. The van der Waals surface area contributed by atoms with Gasteiger partial charge >= 0.3 is 0 Å². The lowest BCUT2D eigenvalue weighted by atomic mass is 10.1. The Bertz CT molecular complexity index is 1350. The third-order valence-corrected chi connectivity index (χ3v) is 8.32. The van der Waals surface area contributed by atoms with Gasteiger partial charge in [-0.3, -0.25) is 13.9 Å². The summed E-state index contributed by atoms with van der Waals surface area (Å²) in [5.41, 5.74) is 0.770. The van der Waals surface area contributed by atoms with Crippen molar-refractivity contribution in [1.82, 2.24) is 10.2 Å². The maximum absolute atomic E-state index is 13.7. The Balaban J connectivity index is 2.05. The highest BCUT2D eigenvalue weighted by molar-refractivity contribution is 7.92. The second-order valence-corrected chi connectivity index (χ2v) is 10.7. The van der Waals surface area contributed by atoms with Crippen LogP contribution < -0.4 is 14.4 Å². The second kappa shape index (κ2) is 12.3. The topological polar surface area (TPSA) is 96.0 Å². The van der Waals surface area contributed by atoms with Crippen molar-refractivity contribution in [2.24, 2.45) is 0 Å². The van der Waals surface area contributed by atoms with Gasteiger partial charge in [0, 0.05) is 13.6 Å². The molecule has 0 saturated heterocycles. The zero-order chi connectivity index (χ0) is 27.2. The average Bonchev–Trinajstić information content (AvgIpc) is 2.91. The van der Waals surface area contributed by atoms with Crippen molar-refractivity contribution < 1.29 is 22.7 Å². The number of amides is 2. The molecular weight excluding hydrogens is 537 g/mol.